The third-order valence-corrected chi connectivity index (χ3v) is 4.94. The van der Waals surface area contributed by atoms with Crippen molar-refractivity contribution in [1.29, 1.82) is 0 Å². The molecule has 30 heavy (non-hydrogen) atoms. The van der Waals surface area contributed by atoms with Crippen molar-refractivity contribution in [3.05, 3.63) is 70.7 Å². The SMILES string of the molecule is CCCCOc1c(C(=O)OC)cc(C(N)=S)c2cc(Cc3ccc(F)cc3)cnc12. The summed E-state index contributed by atoms with van der Waals surface area (Å²) in [5.41, 5.74) is 9.06. The van der Waals surface area contributed by atoms with E-state index in [0.29, 0.717) is 35.2 Å². The van der Waals surface area contributed by atoms with Gasteiger partial charge in [-0.25, -0.2) is 9.18 Å². The van der Waals surface area contributed by atoms with Crippen molar-refractivity contribution in [1.82, 2.24) is 4.98 Å². The average molecular weight is 427 g/mol. The number of rotatable bonds is 8. The van der Waals surface area contributed by atoms with Gasteiger partial charge < -0.3 is 15.2 Å². The number of methoxy groups -OCH3 is 1. The lowest BCUT2D eigenvalue weighted by atomic mass is 9.99. The number of pyridine rings is 1. The fourth-order valence-corrected chi connectivity index (χ4v) is 3.34. The molecule has 3 rings (SSSR count). The number of fused-ring (bicyclic) bond motifs is 1. The maximum absolute atomic E-state index is 13.2. The third-order valence-electron chi connectivity index (χ3n) is 4.72. The highest BCUT2D eigenvalue weighted by Gasteiger charge is 2.22. The molecule has 1 heterocycles. The molecule has 0 amide bonds. The molecule has 3 aromatic rings. The standard InChI is InChI=1S/C23H23FN2O3S/c1-3-4-9-29-21-19(23(27)28-2)12-18(22(25)30)17-11-15(13-26-20(17)21)10-14-5-7-16(24)8-6-14/h5-8,11-13H,3-4,9-10H2,1-2H3,(H2,25,30). The molecule has 1 aromatic heterocycles. The Hall–Kier alpha value is -3.06. The van der Waals surface area contributed by atoms with Crippen molar-refractivity contribution in [2.75, 3.05) is 13.7 Å². The number of unbranched alkanes of at least 4 members (excludes halogenated alkanes) is 1. The molecule has 2 aromatic carbocycles. The van der Waals surface area contributed by atoms with Crippen LogP contribution in [0.1, 0.15) is 46.8 Å². The number of carbonyl (C=O) groups excluding carboxylic acids is 1. The van der Waals surface area contributed by atoms with E-state index in [1.807, 2.05) is 6.07 Å². The minimum absolute atomic E-state index is 0.144. The van der Waals surface area contributed by atoms with Gasteiger partial charge in [-0.3, -0.25) is 4.98 Å². The fourth-order valence-electron chi connectivity index (χ4n) is 3.17. The van der Waals surface area contributed by atoms with Crippen molar-refractivity contribution < 1.29 is 18.7 Å². The van der Waals surface area contributed by atoms with Crippen LogP contribution in [0, 0.1) is 5.82 Å². The number of aromatic nitrogens is 1. The van der Waals surface area contributed by atoms with Gasteiger partial charge in [0.25, 0.3) is 0 Å². The maximum Gasteiger partial charge on any atom is 0.341 e. The summed E-state index contributed by atoms with van der Waals surface area (Å²) in [7, 11) is 1.31. The number of carbonyl (C=O) groups is 1. The lowest BCUT2D eigenvalue weighted by Gasteiger charge is -2.16. The van der Waals surface area contributed by atoms with Crippen molar-refractivity contribution in [2.45, 2.75) is 26.2 Å². The Bertz CT molecular complexity index is 1080. The van der Waals surface area contributed by atoms with Crippen LogP contribution in [-0.4, -0.2) is 29.7 Å². The van der Waals surface area contributed by atoms with E-state index in [1.54, 1.807) is 24.4 Å². The van der Waals surface area contributed by atoms with Gasteiger partial charge in [-0.05, 0) is 48.2 Å². The molecule has 0 spiro atoms. The zero-order chi connectivity index (χ0) is 21.7. The van der Waals surface area contributed by atoms with Crippen LogP contribution in [0.5, 0.6) is 5.75 Å². The Labute approximate surface area is 180 Å². The lowest BCUT2D eigenvalue weighted by Crippen LogP contribution is -2.15. The molecule has 0 atom stereocenters. The first-order chi connectivity index (χ1) is 14.4. The highest BCUT2D eigenvalue weighted by Crippen LogP contribution is 2.33. The molecule has 156 valence electrons. The van der Waals surface area contributed by atoms with E-state index in [2.05, 4.69) is 11.9 Å². The van der Waals surface area contributed by atoms with Crippen LogP contribution in [0.25, 0.3) is 10.9 Å². The number of nitrogens with two attached hydrogens (primary N) is 1. The Morgan fingerprint density at radius 1 is 1.17 bits per heavy atom. The lowest BCUT2D eigenvalue weighted by molar-refractivity contribution is 0.0596. The normalized spacial score (nSPS) is 10.8. The summed E-state index contributed by atoms with van der Waals surface area (Å²) in [4.78, 5) is 17.1. The number of benzene rings is 2. The summed E-state index contributed by atoms with van der Waals surface area (Å²) in [5, 5.41) is 0.696. The van der Waals surface area contributed by atoms with Gasteiger partial charge in [0.15, 0.2) is 5.75 Å². The first kappa shape index (κ1) is 21.6. The molecular formula is C23H23FN2O3S. The topological polar surface area (TPSA) is 74.4 Å². The molecular weight excluding hydrogens is 403 g/mol. The van der Waals surface area contributed by atoms with Gasteiger partial charge in [-0.1, -0.05) is 37.7 Å². The molecule has 0 aliphatic carbocycles. The van der Waals surface area contributed by atoms with Gasteiger partial charge in [-0.2, -0.15) is 0 Å². The average Bonchev–Trinajstić information content (AvgIpc) is 2.74. The van der Waals surface area contributed by atoms with Gasteiger partial charge in [0.1, 0.15) is 21.9 Å². The second-order valence-electron chi connectivity index (χ2n) is 6.90. The predicted molar refractivity (Wildman–Crippen MR) is 119 cm³/mol. The van der Waals surface area contributed by atoms with Crippen LogP contribution >= 0.6 is 12.2 Å². The van der Waals surface area contributed by atoms with E-state index in [0.717, 1.165) is 24.0 Å². The Morgan fingerprint density at radius 3 is 2.53 bits per heavy atom. The highest BCUT2D eigenvalue weighted by atomic mass is 32.1. The zero-order valence-electron chi connectivity index (χ0n) is 16.9. The number of thiocarbonyl (C=S) groups is 1. The summed E-state index contributed by atoms with van der Waals surface area (Å²) in [6, 6.07) is 9.83. The van der Waals surface area contributed by atoms with E-state index >= 15 is 0 Å². The minimum atomic E-state index is -0.543. The minimum Gasteiger partial charge on any atom is -0.490 e. The molecule has 0 saturated heterocycles. The van der Waals surface area contributed by atoms with E-state index in [-0.39, 0.29) is 16.4 Å². The highest BCUT2D eigenvalue weighted by molar-refractivity contribution is 7.80. The van der Waals surface area contributed by atoms with Gasteiger partial charge >= 0.3 is 5.97 Å². The molecule has 0 unspecified atom stereocenters. The van der Waals surface area contributed by atoms with Crippen LogP contribution in [0.4, 0.5) is 4.39 Å². The second-order valence-corrected chi connectivity index (χ2v) is 7.34. The third kappa shape index (κ3) is 4.74. The van der Waals surface area contributed by atoms with E-state index in [1.165, 1.54) is 19.2 Å². The smallest absolute Gasteiger partial charge is 0.341 e. The van der Waals surface area contributed by atoms with Gasteiger partial charge in [-0.15, -0.1) is 0 Å². The van der Waals surface area contributed by atoms with Crippen LogP contribution in [-0.2, 0) is 11.2 Å². The van der Waals surface area contributed by atoms with E-state index in [4.69, 9.17) is 27.4 Å². The molecule has 0 saturated carbocycles. The van der Waals surface area contributed by atoms with Crippen molar-refractivity contribution >= 4 is 34.1 Å². The maximum atomic E-state index is 13.2. The number of hydrogen-bond acceptors (Lipinski definition) is 5. The van der Waals surface area contributed by atoms with E-state index in [9.17, 15) is 9.18 Å². The first-order valence-electron chi connectivity index (χ1n) is 9.65. The quantitative estimate of drug-likeness (QED) is 0.323. The summed E-state index contributed by atoms with van der Waals surface area (Å²) in [6.07, 6.45) is 4.06. The second kappa shape index (κ2) is 9.63. The molecule has 0 aliphatic heterocycles. The summed E-state index contributed by atoms with van der Waals surface area (Å²) >= 11 is 5.22. The molecule has 5 nitrogen and oxygen atoms in total. The molecule has 0 fully saturated rings. The van der Waals surface area contributed by atoms with Gasteiger partial charge in [0.05, 0.1) is 13.7 Å². The summed E-state index contributed by atoms with van der Waals surface area (Å²) < 4.78 is 24.0. The Morgan fingerprint density at radius 2 is 1.90 bits per heavy atom. The number of esters is 1. The van der Waals surface area contributed by atoms with Crippen LogP contribution < -0.4 is 10.5 Å². The van der Waals surface area contributed by atoms with Crippen molar-refractivity contribution in [2.24, 2.45) is 5.73 Å². The summed E-state index contributed by atoms with van der Waals surface area (Å²) in [6.45, 7) is 2.50. The predicted octanol–water partition coefficient (Wildman–Crippen LogP) is 4.56. The number of ether oxygens (including phenoxy) is 2. The number of halogens is 1. The van der Waals surface area contributed by atoms with Crippen LogP contribution in [0.2, 0.25) is 0 Å². The van der Waals surface area contributed by atoms with E-state index < -0.39 is 5.97 Å². The summed E-state index contributed by atoms with van der Waals surface area (Å²) in [5.74, 6) is -0.466. The molecule has 2 N–H and O–H groups in total. The largest absolute Gasteiger partial charge is 0.490 e. The monoisotopic (exact) mass is 426 g/mol. The molecule has 0 aliphatic rings. The Kier molecular flexibility index (Phi) is 6.95. The number of hydrogen-bond donors (Lipinski definition) is 1. The zero-order valence-corrected chi connectivity index (χ0v) is 17.7. The number of nitrogens with zero attached hydrogens (tertiary/aromatic N) is 1. The molecule has 7 heteroatoms. The van der Waals surface area contributed by atoms with Gasteiger partial charge in [0, 0.05) is 17.1 Å². The van der Waals surface area contributed by atoms with Crippen LogP contribution in [0.3, 0.4) is 0 Å². The van der Waals surface area contributed by atoms with Crippen LogP contribution in [0.15, 0.2) is 42.6 Å². The first-order valence-corrected chi connectivity index (χ1v) is 10.1. The van der Waals surface area contributed by atoms with Gasteiger partial charge in [0.2, 0.25) is 0 Å². The molecule has 0 bridgehead atoms. The Balaban J connectivity index is 2.13. The van der Waals surface area contributed by atoms with Crippen molar-refractivity contribution in [3.8, 4) is 5.75 Å². The van der Waals surface area contributed by atoms with Crippen molar-refractivity contribution in [3.63, 3.8) is 0 Å². The molecule has 0 radical (unpaired) electrons. The fraction of sp³-hybridized carbons (Fsp3) is 0.261.